The lowest BCUT2D eigenvalue weighted by molar-refractivity contribution is -0.117. The van der Waals surface area contributed by atoms with E-state index in [0.29, 0.717) is 12.1 Å². The number of nitrogens with two attached hydrogens (primary N) is 1. The minimum absolute atomic E-state index is 0.126. The molecule has 20 heavy (non-hydrogen) atoms. The summed E-state index contributed by atoms with van der Waals surface area (Å²) in [5.41, 5.74) is 7.30. The lowest BCUT2D eigenvalue weighted by Gasteiger charge is -2.11. The van der Waals surface area contributed by atoms with Crippen molar-refractivity contribution in [3.63, 3.8) is 0 Å². The molecule has 0 radical (unpaired) electrons. The van der Waals surface area contributed by atoms with Crippen molar-refractivity contribution in [2.45, 2.75) is 13.0 Å². The molecule has 1 amide bonds. The first kappa shape index (κ1) is 14.0. The lowest BCUT2D eigenvalue weighted by Crippen LogP contribution is -2.15. The van der Waals surface area contributed by atoms with Gasteiger partial charge in [-0.05, 0) is 29.3 Å². The summed E-state index contributed by atoms with van der Waals surface area (Å²) in [6.07, 6.45) is 0.126. The second-order valence-electron chi connectivity index (χ2n) is 4.40. The molecule has 0 heterocycles. The Morgan fingerprint density at radius 2 is 1.85 bits per heavy atom. The molecule has 0 atom stereocenters. The van der Waals surface area contributed by atoms with Crippen molar-refractivity contribution in [1.82, 2.24) is 0 Å². The van der Waals surface area contributed by atoms with Crippen molar-refractivity contribution in [3.8, 4) is 0 Å². The van der Waals surface area contributed by atoms with Crippen molar-refractivity contribution >= 4 is 11.6 Å². The maximum absolute atomic E-state index is 13.1. The van der Waals surface area contributed by atoms with Gasteiger partial charge in [0.15, 0.2) is 11.6 Å². The Balaban J connectivity index is 2.10. The number of carbonyl (C=O) groups excluding carboxylic acids is 1. The maximum atomic E-state index is 13.1. The predicted molar refractivity (Wildman–Crippen MR) is 73.0 cm³/mol. The van der Waals surface area contributed by atoms with Gasteiger partial charge < -0.3 is 11.1 Å². The molecule has 0 fully saturated rings. The molecular weight excluding hydrogens is 262 g/mol. The summed E-state index contributed by atoms with van der Waals surface area (Å²) in [4.78, 5) is 11.0. The molecule has 0 saturated carbocycles. The Morgan fingerprint density at radius 1 is 1.10 bits per heavy atom. The van der Waals surface area contributed by atoms with Crippen LogP contribution in [0, 0.1) is 11.6 Å². The highest BCUT2D eigenvalue weighted by Crippen LogP contribution is 2.17. The SMILES string of the molecule is NC(=O)Cc1ccccc1NCc1ccc(F)c(F)c1. The molecular formula is C15H14F2N2O. The van der Waals surface area contributed by atoms with Crippen LogP contribution in [0.5, 0.6) is 0 Å². The Kier molecular flexibility index (Phi) is 4.30. The van der Waals surface area contributed by atoms with Gasteiger partial charge in [-0.1, -0.05) is 24.3 Å². The molecule has 2 rings (SSSR count). The first-order chi connectivity index (χ1) is 9.56. The Labute approximate surface area is 115 Å². The van der Waals surface area contributed by atoms with Crippen LogP contribution in [0.2, 0.25) is 0 Å². The van der Waals surface area contributed by atoms with Crippen LogP contribution >= 0.6 is 0 Å². The van der Waals surface area contributed by atoms with Crippen LogP contribution in [0.15, 0.2) is 42.5 Å². The number of hydrogen-bond donors (Lipinski definition) is 2. The van der Waals surface area contributed by atoms with Gasteiger partial charge in [-0.15, -0.1) is 0 Å². The number of nitrogens with one attached hydrogen (secondary N) is 1. The molecule has 3 N–H and O–H groups in total. The average molecular weight is 276 g/mol. The molecule has 0 saturated heterocycles. The summed E-state index contributed by atoms with van der Waals surface area (Å²) >= 11 is 0. The Morgan fingerprint density at radius 3 is 2.55 bits per heavy atom. The van der Waals surface area contributed by atoms with Crippen LogP contribution < -0.4 is 11.1 Å². The zero-order chi connectivity index (χ0) is 14.5. The van der Waals surface area contributed by atoms with Gasteiger partial charge in [0.2, 0.25) is 5.91 Å². The van der Waals surface area contributed by atoms with Crippen molar-refractivity contribution in [2.24, 2.45) is 5.73 Å². The average Bonchev–Trinajstić information content (AvgIpc) is 2.41. The second kappa shape index (κ2) is 6.14. The fourth-order valence-corrected chi connectivity index (χ4v) is 1.88. The standard InChI is InChI=1S/C15H14F2N2O/c16-12-6-5-10(7-13(12)17)9-19-14-4-2-1-3-11(14)8-15(18)20/h1-7,19H,8-9H2,(H2,18,20). The summed E-state index contributed by atoms with van der Waals surface area (Å²) in [5, 5.41) is 3.08. The normalized spacial score (nSPS) is 10.3. The number of hydrogen-bond acceptors (Lipinski definition) is 2. The van der Waals surface area contributed by atoms with Gasteiger partial charge in [0, 0.05) is 12.2 Å². The molecule has 0 aliphatic rings. The summed E-state index contributed by atoms with van der Waals surface area (Å²) < 4.78 is 25.9. The van der Waals surface area contributed by atoms with E-state index in [1.165, 1.54) is 6.07 Å². The first-order valence-electron chi connectivity index (χ1n) is 6.10. The molecule has 2 aromatic rings. The molecule has 0 aromatic heterocycles. The van der Waals surface area contributed by atoms with Crippen molar-refractivity contribution in [2.75, 3.05) is 5.32 Å². The highest BCUT2D eigenvalue weighted by Gasteiger charge is 2.06. The number of anilines is 1. The van der Waals surface area contributed by atoms with Crippen molar-refractivity contribution in [3.05, 3.63) is 65.2 Å². The third-order valence-electron chi connectivity index (χ3n) is 2.85. The van der Waals surface area contributed by atoms with Gasteiger partial charge >= 0.3 is 0 Å². The zero-order valence-electron chi connectivity index (χ0n) is 10.7. The fourth-order valence-electron chi connectivity index (χ4n) is 1.88. The second-order valence-corrected chi connectivity index (χ2v) is 4.40. The van der Waals surface area contributed by atoms with E-state index in [0.717, 1.165) is 23.4 Å². The third-order valence-corrected chi connectivity index (χ3v) is 2.85. The molecule has 2 aromatic carbocycles. The van der Waals surface area contributed by atoms with E-state index in [4.69, 9.17) is 5.73 Å². The predicted octanol–water partition coefficient (Wildman–Crippen LogP) is 2.60. The van der Waals surface area contributed by atoms with E-state index < -0.39 is 17.5 Å². The van der Waals surface area contributed by atoms with Gasteiger partial charge in [0.25, 0.3) is 0 Å². The van der Waals surface area contributed by atoms with Crippen LogP contribution in [0.1, 0.15) is 11.1 Å². The van der Waals surface area contributed by atoms with Crippen LogP contribution in [0.25, 0.3) is 0 Å². The summed E-state index contributed by atoms with van der Waals surface area (Å²) in [6.45, 7) is 0.326. The van der Waals surface area contributed by atoms with E-state index in [1.54, 1.807) is 18.2 Å². The van der Waals surface area contributed by atoms with Crippen LogP contribution in [0.4, 0.5) is 14.5 Å². The zero-order valence-corrected chi connectivity index (χ0v) is 10.7. The van der Waals surface area contributed by atoms with Crippen LogP contribution in [-0.4, -0.2) is 5.91 Å². The monoisotopic (exact) mass is 276 g/mol. The smallest absolute Gasteiger partial charge is 0.221 e. The van der Waals surface area contributed by atoms with E-state index in [1.807, 2.05) is 6.07 Å². The van der Waals surface area contributed by atoms with Gasteiger partial charge in [-0.25, -0.2) is 8.78 Å². The Hall–Kier alpha value is -2.43. The Bertz CT molecular complexity index is 629. The number of halogens is 2. The molecule has 104 valence electrons. The van der Waals surface area contributed by atoms with E-state index in [-0.39, 0.29) is 6.42 Å². The van der Waals surface area contributed by atoms with E-state index in [9.17, 15) is 13.6 Å². The summed E-state index contributed by atoms with van der Waals surface area (Å²) in [7, 11) is 0. The topological polar surface area (TPSA) is 55.1 Å². The molecule has 0 spiro atoms. The van der Waals surface area contributed by atoms with Crippen LogP contribution in [0.3, 0.4) is 0 Å². The number of benzene rings is 2. The number of carbonyl (C=O) groups is 1. The molecule has 0 aliphatic heterocycles. The van der Waals surface area contributed by atoms with Crippen LogP contribution in [-0.2, 0) is 17.8 Å². The van der Waals surface area contributed by atoms with Crippen molar-refractivity contribution < 1.29 is 13.6 Å². The lowest BCUT2D eigenvalue weighted by atomic mass is 10.1. The molecule has 5 heteroatoms. The highest BCUT2D eigenvalue weighted by atomic mass is 19.2. The fraction of sp³-hybridized carbons (Fsp3) is 0.133. The van der Waals surface area contributed by atoms with Crippen molar-refractivity contribution in [1.29, 1.82) is 0 Å². The maximum Gasteiger partial charge on any atom is 0.221 e. The largest absolute Gasteiger partial charge is 0.381 e. The first-order valence-corrected chi connectivity index (χ1v) is 6.10. The third kappa shape index (κ3) is 3.54. The van der Waals surface area contributed by atoms with Gasteiger partial charge in [-0.3, -0.25) is 4.79 Å². The highest BCUT2D eigenvalue weighted by molar-refractivity contribution is 5.78. The number of rotatable bonds is 5. The number of amides is 1. The van der Waals surface area contributed by atoms with E-state index in [2.05, 4.69) is 5.32 Å². The van der Waals surface area contributed by atoms with E-state index >= 15 is 0 Å². The summed E-state index contributed by atoms with van der Waals surface area (Å²) in [5.74, 6) is -2.18. The van der Waals surface area contributed by atoms with Gasteiger partial charge in [0.1, 0.15) is 0 Å². The van der Waals surface area contributed by atoms with Gasteiger partial charge in [-0.2, -0.15) is 0 Å². The molecule has 0 bridgehead atoms. The van der Waals surface area contributed by atoms with Gasteiger partial charge in [0.05, 0.1) is 6.42 Å². The number of para-hydroxylation sites is 1. The number of primary amides is 1. The minimum Gasteiger partial charge on any atom is -0.381 e. The molecule has 0 aliphatic carbocycles. The minimum atomic E-state index is -0.880. The molecule has 3 nitrogen and oxygen atoms in total. The molecule has 0 unspecified atom stereocenters. The quantitative estimate of drug-likeness (QED) is 0.882. The summed E-state index contributed by atoms with van der Waals surface area (Å²) in [6, 6.07) is 10.9.